The van der Waals surface area contributed by atoms with Crippen LogP contribution in [0.15, 0.2) is 55.0 Å². The molecule has 0 radical (unpaired) electrons. The van der Waals surface area contributed by atoms with Crippen molar-refractivity contribution in [2.45, 2.75) is 19.9 Å². The molecule has 0 aliphatic rings. The number of pyridine rings is 1. The molecule has 6 aromatic rings. The molecule has 9 heteroatoms. The highest BCUT2D eigenvalue weighted by atomic mass is 32.1. The number of carbonyl (C=O) groups excluding carboxylic acids is 1. The van der Waals surface area contributed by atoms with E-state index < -0.39 is 0 Å². The molecule has 6 rings (SSSR count). The molecule has 0 aliphatic carbocycles. The molecule has 1 amide bonds. The Kier molecular flexibility index (Phi) is 4.89. The smallest absolute Gasteiger partial charge is 0.251 e. The first-order chi connectivity index (χ1) is 16.9. The van der Waals surface area contributed by atoms with Crippen LogP contribution in [0.3, 0.4) is 0 Å². The summed E-state index contributed by atoms with van der Waals surface area (Å²) < 4.78 is 3.99. The van der Waals surface area contributed by atoms with E-state index in [9.17, 15) is 4.79 Å². The molecule has 1 N–H and O–H groups in total. The highest BCUT2D eigenvalue weighted by molar-refractivity contribution is 7.21. The lowest BCUT2D eigenvalue weighted by Crippen LogP contribution is -2.26. The molecule has 174 valence electrons. The third-order valence-electron chi connectivity index (χ3n) is 6.45. The molecule has 4 heterocycles. The van der Waals surface area contributed by atoms with Gasteiger partial charge < -0.3 is 14.5 Å². The average Bonchev–Trinajstić information content (AvgIpc) is 3.54. The fourth-order valence-electron chi connectivity index (χ4n) is 4.39. The molecular weight excluding hydrogens is 458 g/mol. The lowest BCUT2D eigenvalue weighted by Gasteiger charge is -2.15. The van der Waals surface area contributed by atoms with Crippen molar-refractivity contribution in [3.63, 3.8) is 0 Å². The quantitative estimate of drug-likeness (QED) is 0.386. The van der Waals surface area contributed by atoms with Crippen molar-refractivity contribution in [2.75, 3.05) is 0 Å². The van der Waals surface area contributed by atoms with E-state index in [-0.39, 0.29) is 11.9 Å². The molecule has 2 aromatic carbocycles. The van der Waals surface area contributed by atoms with E-state index in [0.29, 0.717) is 5.56 Å². The highest BCUT2D eigenvalue weighted by Gasteiger charge is 2.17. The molecule has 0 fully saturated rings. The molecule has 0 saturated carbocycles. The summed E-state index contributed by atoms with van der Waals surface area (Å²) in [4.78, 5) is 32.2. The van der Waals surface area contributed by atoms with E-state index in [2.05, 4.69) is 26.3 Å². The van der Waals surface area contributed by atoms with Crippen LogP contribution in [0.1, 0.15) is 34.7 Å². The highest BCUT2D eigenvalue weighted by Crippen LogP contribution is 2.33. The number of hydrogen-bond acceptors (Lipinski definition) is 6. The van der Waals surface area contributed by atoms with E-state index in [4.69, 9.17) is 4.98 Å². The molecule has 1 atom stereocenters. The number of hydrogen-bond donors (Lipinski definition) is 1. The van der Waals surface area contributed by atoms with Gasteiger partial charge in [-0.05, 0) is 43.7 Å². The minimum absolute atomic E-state index is 0.129. The first-order valence-corrected chi connectivity index (χ1v) is 12.1. The number of fused-ring (bicyclic) bond motifs is 4. The predicted molar refractivity (Wildman–Crippen MR) is 138 cm³/mol. The molecule has 0 aliphatic heterocycles. The second-order valence-corrected chi connectivity index (χ2v) is 9.74. The van der Waals surface area contributed by atoms with Gasteiger partial charge in [-0.2, -0.15) is 0 Å². The van der Waals surface area contributed by atoms with Crippen LogP contribution >= 0.6 is 11.3 Å². The summed E-state index contributed by atoms with van der Waals surface area (Å²) in [6.07, 6.45) is 3.57. The molecule has 0 saturated heterocycles. The number of aromatic nitrogens is 6. The van der Waals surface area contributed by atoms with Gasteiger partial charge >= 0.3 is 0 Å². The Labute approximate surface area is 205 Å². The van der Waals surface area contributed by atoms with Crippen molar-refractivity contribution < 1.29 is 4.79 Å². The first-order valence-electron chi connectivity index (χ1n) is 11.3. The van der Waals surface area contributed by atoms with E-state index in [1.165, 1.54) is 0 Å². The normalized spacial score (nSPS) is 12.6. The first kappa shape index (κ1) is 21.4. The number of amides is 1. The van der Waals surface area contributed by atoms with Gasteiger partial charge in [-0.3, -0.25) is 4.79 Å². The van der Waals surface area contributed by atoms with Crippen LogP contribution < -0.4 is 5.32 Å². The number of carbonyl (C=O) groups is 1. The molecular formula is C26H23N7OS. The minimum atomic E-state index is -0.181. The van der Waals surface area contributed by atoms with E-state index >= 15 is 0 Å². The zero-order valence-corrected chi connectivity index (χ0v) is 20.6. The van der Waals surface area contributed by atoms with Crippen molar-refractivity contribution in [1.29, 1.82) is 0 Å². The Hall–Kier alpha value is -4.11. The van der Waals surface area contributed by atoms with Crippen molar-refractivity contribution in [1.82, 2.24) is 34.4 Å². The van der Waals surface area contributed by atoms with Crippen LogP contribution in [0.2, 0.25) is 0 Å². The number of benzene rings is 2. The summed E-state index contributed by atoms with van der Waals surface area (Å²) in [6.45, 7) is 3.94. The van der Waals surface area contributed by atoms with Crippen molar-refractivity contribution in [3.05, 3.63) is 71.9 Å². The maximum atomic E-state index is 13.0. The standard InChI is InChI=1S/C26H23N7OS/c1-14(29-24(34)17-8-9-21-19(11-17)30-15(2)33(21)4)16-6-5-7-18(10-16)25-31-22-23-20(28-13-32(23)3)12-27-26(22)35-25/h5-14H,1-4H3,(H,29,34)/t14-/m0/s1. The van der Waals surface area contributed by atoms with Crippen molar-refractivity contribution in [3.8, 4) is 10.6 Å². The number of thiazole rings is 1. The van der Waals surface area contributed by atoms with Gasteiger partial charge in [0.05, 0.1) is 35.1 Å². The maximum Gasteiger partial charge on any atom is 0.251 e. The third-order valence-corrected chi connectivity index (χ3v) is 7.46. The topological polar surface area (TPSA) is 90.5 Å². The van der Waals surface area contributed by atoms with Crippen LogP contribution in [0.5, 0.6) is 0 Å². The van der Waals surface area contributed by atoms with Crippen molar-refractivity contribution in [2.24, 2.45) is 14.1 Å². The van der Waals surface area contributed by atoms with Gasteiger partial charge in [0.15, 0.2) is 0 Å². The SMILES string of the molecule is Cc1nc2cc(C(=O)N[C@@H](C)c3cccc(-c4nc5c(ncc6ncn(C)c65)s4)c3)ccc2n1C. The van der Waals surface area contributed by atoms with E-state index in [1.807, 2.05) is 73.5 Å². The molecule has 0 bridgehead atoms. The van der Waals surface area contributed by atoms with Gasteiger partial charge in [0.2, 0.25) is 0 Å². The van der Waals surface area contributed by atoms with Gasteiger partial charge in [0.25, 0.3) is 5.91 Å². The Morgan fingerprint density at radius 2 is 1.91 bits per heavy atom. The van der Waals surface area contributed by atoms with Gasteiger partial charge in [-0.1, -0.05) is 29.5 Å². The van der Waals surface area contributed by atoms with Gasteiger partial charge in [0, 0.05) is 25.2 Å². The number of nitrogens with one attached hydrogen (secondary N) is 1. The largest absolute Gasteiger partial charge is 0.346 e. The Morgan fingerprint density at radius 1 is 1.06 bits per heavy atom. The Balaban J connectivity index is 1.28. The zero-order chi connectivity index (χ0) is 24.3. The number of aryl methyl sites for hydroxylation is 3. The lowest BCUT2D eigenvalue weighted by atomic mass is 10.0. The van der Waals surface area contributed by atoms with Crippen LogP contribution in [-0.2, 0) is 14.1 Å². The minimum Gasteiger partial charge on any atom is -0.346 e. The van der Waals surface area contributed by atoms with E-state index in [1.54, 1.807) is 23.9 Å². The fraction of sp³-hybridized carbons (Fsp3) is 0.192. The second-order valence-electron chi connectivity index (χ2n) is 8.76. The third kappa shape index (κ3) is 3.55. The predicted octanol–water partition coefficient (Wildman–Crippen LogP) is 4.93. The molecule has 4 aromatic heterocycles. The number of nitrogens with zero attached hydrogens (tertiary/aromatic N) is 6. The van der Waals surface area contributed by atoms with E-state index in [0.717, 1.165) is 54.4 Å². The van der Waals surface area contributed by atoms with Crippen LogP contribution in [0.4, 0.5) is 0 Å². The van der Waals surface area contributed by atoms with Gasteiger partial charge in [0.1, 0.15) is 26.7 Å². The summed E-state index contributed by atoms with van der Waals surface area (Å²) >= 11 is 1.55. The van der Waals surface area contributed by atoms with Crippen LogP contribution in [0.25, 0.3) is 43.0 Å². The summed E-state index contributed by atoms with van der Waals surface area (Å²) in [5.41, 5.74) is 7.09. The molecule has 35 heavy (non-hydrogen) atoms. The molecule has 0 unspecified atom stereocenters. The summed E-state index contributed by atoms with van der Waals surface area (Å²) in [7, 11) is 3.94. The summed E-state index contributed by atoms with van der Waals surface area (Å²) in [5, 5.41) is 4.00. The Morgan fingerprint density at radius 3 is 2.77 bits per heavy atom. The van der Waals surface area contributed by atoms with Crippen LogP contribution in [0, 0.1) is 6.92 Å². The van der Waals surface area contributed by atoms with Crippen molar-refractivity contribution >= 4 is 49.7 Å². The Bertz CT molecular complexity index is 1760. The number of rotatable bonds is 4. The van der Waals surface area contributed by atoms with Gasteiger partial charge in [-0.15, -0.1) is 0 Å². The lowest BCUT2D eigenvalue weighted by molar-refractivity contribution is 0.0940. The summed E-state index contributed by atoms with van der Waals surface area (Å²) in [6, 6.07) is 13.6. The van der Waals surface area contributed by atoms with Crippen LogP contribution in [-0.4, -0.2) is 35.0 Å². The second kappa shape index (κ2) is 7.99. The van der Waals surface area contributed by atoms with Gasteiger partial charge in [-0.25, -0.2) is 19.9 Å². The summed E-state index contributed by atoms with van der Waals surface area (Å²) in [5.74, 6) is 0.785. The maximum absolute atomic E-state index is 13.0. The average molecular weight is 482 g/mol. The molecule has 0 spiro atoms. The fourth-order valence-corrected chi connectivity index (χ4v) is 5.30. The molecule has 8 nitrogen and oxygen atoms in total. The monoisotopic (exact) mass is 481 g/mol. The number of imidazole rings is 2. The zero-order valence-electron chi connectivity index (χ0n) is 19.8.